The average molecular weight is 532 g/mol. The number of imide groups is 1. The van der Waals surface area contributed by atoms with E-state index in [0.29, 0.717) is 6.42 Å². The first-order valence-corrected chi connectivity index (χ1v) is 13.2. The van der Waals surface area contributed by atoms with Crippen LogP contribution in [0.3, 0.4) is 0 Å². The van der Waals surface area contributed by atoms with Gasteiger partial charge >= 0.3 is 29.7 Å². The maximum atomic E-state index is 14.2. The van der Waals surface area contributed by atoms with Gasteiger partial charge in [0.25, 0.3) is 0 Å². The molecule has 1 spiro atoms. The van der Waals surface area contributed by atoms with Crippen molar-refractivity contribution >= 4 is 51.3 Å². The van der Waals surface area contributed by atoms with Gasteiger partial charge in [0.2, 0.25) is 0 Å². The number of amides is 3. The van der Waals surface area contributed by atoms with Crippen LogP contribution in [0.1, 0.15) is 19.3 Å². The van der Waals surface area contributed by atoms with Gasteiger partial charge in [-0.05, 0) is 43.1 Å². The van der Waals surface area contributed by atoms with Crippen molar-refractivity contribution in [2.75, 3.05) is 50.7 Å². The summed E-state index contributed by atoms with van der Waals surface area (Å²) in [5.41, 5.74) is 0. The van der Waals surface area contributed by atoms with E-state index >= 15 is 0 Å². The van der Waals surface area contributed by atoms with Crippen LogP contribution in [0.15, 0.2) is 24.3 Å². The number of halogens is 1. The summed E-state index contributed by atoms with van der Waals surface area (Å²) in [6.45, 7) is 4.05. The molecule has 6 rings (SSSR count). The summed E-state index contributed by atoms with van der Waals surface area (Å²) < 4.78 is 30.1. The summed E-state index contributed by atoms with van der Waals surface area (Å²) in [5, 5.41) is 1.17. The lowest BCUT2D eigenvalue weighted by molar-refractivity contribution is -0.217. The standard InChI is InChI=1S/C24H26FN5O6S/c25-15-13-18-24(35-20(31)21(32)36-24)22(33)29(23(34)30(18)14-15)8-4-3-7-27-9-11-28(12-10-27)19-16-5-1-2-6-17(16)37-26-19/h1-2,5-6,15,18H,3-4,7-14H2. The van der Waals surface area contributed by atoms with Crippen LogP contribution in [0.2, 0.25) is 0 Å². The van der Waals surface area contributed by atoms with Gasteiger partial charge < -0.3 is 19.3 Å². The second-order valence-corrected chi connectivity index (χ2v) is 10.5. The van der Waals surface area contributed by atoms with E-state index in [4.69, 9.17) is 9.47 Å². The van der Waals surface area contributed by atoms with Gasteiger partial charge in [0.05, 0.1) is 11.2 Å². The van der Waals surface area contributed by atoms with Crippen LogP contribution in [0.25, 0.3) is 10.1 Å². The quantitative estimate of drug-likeness (QED) is 0.310. The molecule has 1 aromatic heterocycles. The number of unbranched alkanes of at least 4 members (excludes halogenated alkanes) is 1. The first-order chi connectivity index (χ1) is 17.9. The van der Waals surface area contributed by atoms with E-state index in [-0.39, 0.29) is 19.5 Å². The summed E-state index contributed by atoms with van der Waals surface area (Å²) in [6, 6.07) is 6.41. The Morgan fingerprint density at radius 3 is 2.46 bits per heavy atom. The first kappa shape index (κ1) is 24.0. The van der Waals surface area contributed by atoms with Gasteiger partial charge in [0, 0.05) is 44.5 Å². The van der Waals surface area contributed by atoms with Crippen molar-refractivity contribution in [1.82, 2.24) is 19.1 Å². The highest BCUT2D eigenvalue weighted by molar-refractivity contribution is 7.13. The molecule has 196 valence electrons. The molecular weight excluding hydrogens is 505 g/mol. The van der Waals surface area contributed by atoms with Crippen LogP contribution in [-0.2, 0) is 23.9 Å². The van der Waals surface area contributed by atoms with Gasteiger partial charge in [-0.15, -0.1) is 0 Å². The maximum Gasteiger partial charge on any atom is 0.421 e. The molecule has 2 atom stereocenters. The molecule has 0 aliphatic carbocycles. The number of piperazine rings is 1. The second kappa shape index (κ2) is 9.21. The Balaban J connectivity index is 1.03. The Morgan fingerprint density at radius 2 is 1.70 bits per heavy atom. The van der Waals surface area contributed by atoms with Crippen LogP contribution in [0.4, 0.5) is 15.0 Å². The predicted octanol–water partition coefficient (Wildman–Crippen LogP) is 1.37. The maximum absolute atomic E-state index is 14.2. The van der Waals surface area contributed by atoms with Crippen molar-refractivity contribution in [3.63, 3.8) is 0 Å². The molecule has 4 saturated heterocycles. The Morgan fingerprint density at radius 1 is 1.00 bits per heavy atom. The van der Waals surface area contributed by atoms with E-state index in [0.717, 1.165) is 54.8 Å². The number of anilines is 1. The number of aromatic nitrogens is 1. The average Bonchev–Trinajstić information content (AvgIpc) is 3.59. The lowest BCUT2D eigenvalue weighted by Crippen LogP contribution is -2.69. The number of urea groups is 1. The van der Waals surface area contributed by atoms with Gasteiger partial charge in [-0.25, -0.2) is 18.8 Å². The van der Waals surface area contributed by atoms with Crippen molar-refractivity contribution in [2.24, 2.45) is 0 Å². The van der Waals surface area contributed by atoms with E-state index in [1.807, 2.05) is 12.1 Å². The van der Waals surface area contributed by atoms with E-state index in [9.17, 15) is 23.6 Å². The molecule has 3 amide bonds. The zero-order valence-electron chi connectivity index (χ0n) is 20.0. The third-order valence-electron chi connectivity index (χ3n) is 7.50. The van der Waals surface area contributed by atoms with Crippen molar-refractivity contribution in [3.05, 3.63) is 24.3 Å². The minimum absolute atomic E-state index is 0.0550. The highest BCUT2D eigenvalue weighted by atomic mass is 32.1. The molecule has 0 bridgehead atoms. The van der Waals surface area contributed by atoms with Crippen LogP contribution in [0.5, 0.6) is 0 Å². The zero-order valence-corrected chi connectivity index (χ0v) is 20.8. The molecule has 4 aliphatic rings. The zero-order chi connectivity index (χ0) is 25.7. The predicted molar refractivity (Wildman–Crippen MR) is 130 cm³/mol. The van der Waals surface area contributed by atoms with E-state index < -0.39 is 41.9 Å². The normalized spacial score (nSPS) is 25.8. The lowest BCUT2D eigenvalue weighted by Gasteiger charge is -2.43. The minimum atomic E-state index is -2.29. The molecule has 1 aromatic carbocycles. The molecule has 2 aromatic rings. The fourth-order valence-corrected chi connectivity index (χ4v) is 6.41. The summed E-state index contributed by atoms with van der Waals surface area (Å²) >= 11 is 1.51. The summed E-state index contributed by atoms with van der Waals surface area (Å²) in [7, 11) is 0. The highest BCUT2D eigenvalue weighted by Crippen LogP contribution is 2.41. The van der Waals surface area contributed by atoms with Crippen molar-refractivity contribution in [1.29, 1.82) is 0 Å². The molecule has 5 heterocycles. The van der Waals surface area contributed by atoms with Gasteiger partial charge in [-0.2, -0.15) is 4.37 Å². The summed E-state index contributed by atoms with van der Waals surface area (Å²) in [5.74, 6) is -4.81. The topological polar surface area (TPSA) is 113 Å². The number of carbonyl (C=O) groups is 4. The Bertz CT molecular complexity index is 1250. The fourth-order valence-electron chi connectivity index (χ4n) is 5.62. The van der Waals surface area contributed by atoms with Crippen molar-refractivity contribution in [3.8, 4) is 0 Å². The Hall–Kier alpha value is -3.32. The minimum Gasteiger partial charge on any atom is -0.403 e. The lowest BCUT2D eigenvalue weighted by atomic mass is 9.99. The number of rotatable bonds is 6. The fraction of sp³-hybridized carbons (Fsp3) is 0.542. The molecular formula is C24H26FN5O6S. The second-order valence-electron chi connectivity index (χ2n) is 9.73. The van der Waals surface area contributed by atoms with Crippen molar-refractivity contribution in [2.45, 2.75) is 37.3 Å². The third-order valence-corrected chi connectivity index (χ3v) is 8.32. The van der Waals surface area contributed by atoms with Crippen LogP contribution in [0, 0.1) is 0 Å². The summed E-state index contributed by atoms with van der Waals surface area (Å²) in [4.78, 5) is 56.4. The summed E-state index contributed by atoms with van der Waals surface area (Å²) in [6.07, 6.45) is -0.422. The molecule has 0 radical (unpaired) electrons. The molecule has 4 aliphatic heterocycles. The van der Waals surface area contributed by atoms with Gasteiger partial charge in [-0.3, -0.25) is 14.6 Å². The molecule has 13 heteroatoms. The van der Waals surface area contributed by atoms with Crippen LogP contribution < -0.4 is 4.90 Å². The number of fused-ring (bicyclic) bond motifs is 3. The molecule has 4 fully saturated rings. The van der Waals surface area contributed by atoms with Gasteiger partial charge in [0.15, 0.2) is 0 Å². The Kier molecular flexibility index (Phi) is 5.98. The van der Waals surface area contributed by atoms with E-state index in [1.165, 1.54) is 21.6 Å². The monoisotopic (exact) mass is 531 g/mol. The number of nitrogens with zero attached hydrogens (tertiary/aromatic N) is 5. The molecule has 37 heavy (non-hydrogen) atoms. The SMILES string of the molecule is O=C1OC2(OC1=O)C(=O)N(CCCCN1CCN(c3nsc4ccccc34)CC1)C(=O)N1CC(F)CC12. The molecule has 0 saturated carbocycles. The van der Waals surface area contributed by atoms with Gasteiger partial charge in [0.1, 0.15) is 18.0 Å². The number of esters is 2. The number of ether oxygens (including phenoxy) is 2. The number of hydrogen-bond donors (Lipinski definition) is 0. The van der Waals surface area contributed by atoms with Crippen LogP contribution >= 0.6 is 11.5 Å². The van der Waals surface area contributed by atoms with Gasteiger partial charge in [-0.1, -0.05) is 12.1 Å². The first-order valence-electron chi connectivity index (χ1n) is 12.4. The smallest absolute Gasteiger partial charge is 0.403 e. The molecule has 11 nitrogen and oxygen atoms in total. The van der Waals surface area contributed by atoms with E-state index in [2.05, 4.69) is 26.3 Å². The Labute approximate surface area is 215 Å². The third kappa shape index (κ3) is 4.00. The van der Waals surface area contributed by atoms with Crippen molar-refractivity contribution < 1.29 is 33.0 Å². The number of alkyl halides is 1. The number of benzene rings is 1. The number of carbonyl (C=O) groups excluding carboxylic acids is 4. The highest BCUT2D eigenvalue weighted by Gasteiger charge is 2.69. The largest absolute Gasteiger partial charge is 0.421 e. The number of hydrogen-bond acceptors (Lipinski definition) is 10. The van der Waals surface area contributed by atoms with E-state index in [1.54, 1.807) is 0 Å². The molecule has 0 N–H and O–H groups in total. The molecule has 2 unspecified atom stereocenters. The van der Waals surface area contributed by atoms with Crippen LogP contribution in [-0.4, -0.2) is 107 Å².